The second-order valence-electron chi connectivity index (χ2n) is 8.67. The summed E-state index contributed by atoms with van der Waals surface area (Å²) in [6.07, 6.45) is 1.82. The van der Waals surface area contributed by atoms with Crippen molar-refractivity contribution in [3.8, 4) is 11.5 Å². The Labute approximate surface area is 235 Å². The van der Waals surface area contributed by atoms with E-state index in [1.807, 2.05) is 85.8 Å². The molecule has 0 saturated carbocycles. The Morgan fingerprint density at radius 1 is 0.900 bits per heavy atom. The smallest absolute Gasteiger partial charge is 0.271 e. The number of carbonyl (C=O) groups is 1. The monoisotopic (exact) mass is 551 g/mol. The van der Waals surface area contributed by atoms with Gasteiger partial charge in [0.05, 0.1) is 27.8 Å². The van der Waals surface area contributed by atoms with Gasteiger partial charge in [-0.05, 0) is 84.4 Å². The normalized spacial score (nSPS) is 15.0. The molecule has 1 fully saturated rings. The molecule has 4 aromatic rings. The number of non-ortho nitro benzene ring substituents is 1. The highest BCUT2D eigenvalue weighted by atomic mass is 32.2. The Balaban J connectivity index is 1.41. The van der Waals surface area contributed by atoms with Crippen LogP contribution in [0.3, 0.4) is 0 Å². The van der Waals surface area contributed by atoms with E-state index in [0.29, 0.717) is 28.2 Å². The van der Waals surface area contributed by atoms with Crippen LogP contribution in [0.5, 0.6) is 11.5 Å². The fourth-order valence-electron chi connectivity index (χ4n) is 3.99. The predicted molar refractivity (Wildman–Crippen MR) is 158 cm³/mol. The van der Waals surface area contributed by atoms with E-state index in [-0.39, 0.29) is 18.2 Å². The number of thioether (sulfide) groups is 1. The third-order valence-corrected chi connectivity index (χ3v) is 6.88. The van der Waals surface area contributed by atoms with E-state index in [1.165, 1.54) is 23.9 Å². The van der Waals surface area contributed by atoms with Crippen LogP contribution in [0.15, 0.2) is 113 Å². The molecule has 1 amide bonds. The van der Waals surface area contributed by atoms with Gasteiger partial charge in [-0.25, -0.2) is 4.99 Å². The number of aliphatic imine (C=N–C) groups is 1. The molecule has 9 heteroatoms. The third kappa shape index (κ3) is 6.22. The molecule has 0 atom stereocenters. The van der Waals surface area contributed by atoms with Crippen molar-refractivity contribution in [1.29, 1.82) is 0 Å². The van der Waals surface area contributed by atoms with Crippen molar-refractivity contribution >= 4 is 46.0 Å². The van der Waals surface area contributed by atoms with E-state index in [2.05, 4.69) is 0 Å². The molecule has 1 heterocycles. The van der Waals surface area contributed by atoms with Gasteiger partial charge >= 0.3 is 0 Å². The Kier molecular flexibility index (Phi) is 8.22. The third-order valence-electron chi connectivity index (χ3n) is 5.91. The number of nitrogens with zero attached hydrogens (tertiary/aromatic N) is 3. The lowest BCUT2D eigenvalue weighted by atomic mass is 10.1. The fraction of sp³-hybridized carbons (Fsp3) is 0.0968. The molecule has 0 aromatic heterocycles. The Morgan fingerprint density at radius 2 is 1.60 bits per heavy atom. The number of hydrogen-bond donors (Lipinski definition) is 0. The molecule has 1 aliphatic rings. The van der Waals surface area contributed by atoms with Crippen LogP contribution in [-0.2, 0) is 11.4 Å². The standard InChI is InChI=1S/C31H25N3O5S/c1-2-38-28-19-23(15-18-27(28)39-21-22-13-16-26(17-14-22)34(36)37)20-29-30(35)33(25-11-7-4-8-12-25)31(40-29)32-24-9-5-3-6-10-24/h3-20H,2,21H2,1H3/b29-20-,32-31?. The zero-order valence-electron chi connectivity index (χ0n) is 21.6. The molecule has 0 spiro atoms. The number of amidine groups is 1. The van der Waals surface area contributed by atoms with Gasteiger partial charge in [0.1, 0.15) is 6.61 Å². The van der Waals surface area contributed by atoms with E-state index in [1.54, 1.807) is 23.1 Å². The summed E-state index contributed by atoms with van der Waals surface area (Å²) in [6.45, 7) is 2.53. The number of para-hydroxylation sites is 2. The number of ether oxygens (including phenoxy) is 2. The van der Waals surface area contributed by atoms with Gasteiger partial charge in [-0.1, -0.05) is 42.5 Å². The average Bonchev–Trinajstić information content (AvgIpc) is 3.27. The lowest BCUT2D eigenvalue weighted by Crippen LogP contribution is -2.28. The minimum absolute atomic E-state index is 0.0262. The summed E-state index contributed by atoms with van der Waals surface area (Å²) in [5.74, 6) is 0.902. The zero-order valence-corrected chi connectivity index (χ0v) is 22.4. The molecule has 1 saturated heterocycles. The summed E-state index contributed by atoms with van der Waals surface area (Å²) in [5, 5.41) is 11.5. The number of nitro groups is 1. The molecule has 1 aliphatic heterocycles. The van der Waals surface area contributed by atoms with Gasteiger partial charge in [-0.15, -0.1) is 0 Å². The molecule has 0 unspecified atom stereocenters. The van der Waals surface area contributed by atoms with Crippen LogP contribution in [0.2, 0.25) is 0 Å². The second kappa shape index (κ2) is 12.3. The maximum atomic E-state index is 13.6. The Hall–Kier alpha value is -4.89. The Morgan fingerprint density at radius 3 is 2.27 bits per heavy atom. The molecule has 0 N–H and O–H groups in total. The van der Waals surface area contributed by atoms with Crippen molar-refractivity contribution in [2.75, 3.05) is 11.5 Å². The van der Waals surface area contributed by atoms with E-state index >= 15 is 0 Å². The average molecular weight is 552 g/mol. The summed E-state index contributed by atoms with van der Waals surface area (Å²) in [4.78, 5) is 30.9. The lowest BCUT2D eigenvalue weighted by Gasteiger charge is -2.15. The number of anilines is 1. The summed E-state index contributed by atoms with van der Waals surface area (Å²) < 4.78 is 11.8. The van der Waals surface area contributed by atoms with E-state index in [9.17, 15) is 14.9 Å². The first kappa shape index (κ1) is 26.7. The number of benzene rings is 4. The predicted octanol–water partition coefficient (Wildman–Crippen LogP) is 7.38. The molecule has 0 aliphatic carbocycles. The van der Waals surface area contributed by atoms with Crippen LogP contribution in [0, 0.1) is 10.1 Å². The minimum atomic E-state index is -0.437. The van der Waals surface area contributed by atoms with Crippen molar-refractivity contribution in [2.45, 2.75) is 13.5 Å². The van der Waals surface area contributed by atoms with E-state index in [4.69, 9.17) is 14.5 Å². The zero-order chi connectivity index (χ0) is 27.9. The van der Waals surface area contributed by atoms with Gasteiger partial charge in [0.25, 0.3) is 11.6 Å². The first-order valence-electron chi connectivity index (χ1n) is 12.6. The van der Waals surface area contributed by atoms with Crippen LogP contribution in [0.25, 0.3) is 6.08 Å². The summed E-state index contributed by atoms with van der Waals surface area (Å²) in [6, 6.07) is 30.7. The molecular formula is C31H25N3O5S. The quantitative estimate of drug-likeness (QED) is 0.122. The van der Waals surface area contributed by atoms with Crippen molar-refractivity contribution < 1.29 is 19.2 Å². The summed E-state index contributed by atoms with van der Waals surface area (Å²) in [7, 11) is 0. The van der Waals surface area contributed by atoms with Gasteiger partial charge < -0.3 is 9.47 Å². The number of rotatable bonds is 9. The van der Waals surface area contributed by atoms with Crippen molar-refractivity contribution in [3.05, 3.63) is 129 Å². The van der Waals surface area contributed by atoms with Crippen LogP contribution in [0.4, 0.5) is 17.1 Å². The Bertz CT molecular complexity index is 1570. The topological polar surface area (TPSA) is 94.3 Å². The van der Waals surface area contributed by atoms with E-state index in [0.717, 1.165) is 22.5 Å². The molecule has 200 valence electrons. The number of carbonyl (C=O) groups excluding carboxylic acids is 1. The molecule has 8 nitrogen and oxygen atoms in total. The van der Waals surface area contributed by atoms with Gasteiger partial charge in [-0.3, -0.25) is 19.8 Å². The number of hydrogen-bond acceptors (Lipinski definition) is 7. The van der Waals surface area contributed by atoms with Gasteiger partial charge in [0, 0.05) is 12.1 Å². The summed E-state index contributed by atoms with van der Waals surface area (Å²) >= 11 is 1.31. The van der Waals surface area contributed by atoms with Crippen molar-refractivity contribution in [3.63, 3.8) is 0 Å². The van der Waals surface area contributed by atoms with Gasteiger partial charge in [0.15, 0.2) is 16.7 Å². The van der Waals surface area contributed by atoms with E-state index < -0.39 is 4.92 Å². The SMILES string of the molecule is CCOc1cc(/C=C2\SC(=Nc3ccccc3)N(c3ccccc3)C2=O)ccc1OCc1ccc([N+](=O)[O-])cc1. The van der Waals surface area contributed by atoms with Crippen molar-refractivity contribution in [2.24, 2.45) is 4.99 Å². The highest BCUT2D eigenvalue weighted by molar-refractivity contribution is 8.19. The van der Waals surface area contributed by atoms with Gasteiger partial charge in [0.2, 0.25) is 0 Å². The van der Waals surface area contributed by atoms with Crippen LogP contribution < -0.4 is 14.4 Å². The molecular weight excluding hydrogens is 526 g/mol. The highest BCUT2D eigenvalue weighted by Gasteiger charge is 2.34. The summed E-state index contributed by atoms with van der Waals surface area (Å²) in [5.41, 5.74) is 3.09. The van der Waals surface area contributed by atoms with Crippen LogP contribution >= 0.6 is 11.8 Å². The number of amides is 1. The molecule has 0 radical (unpaired) electrons. The lowest BCUT2D eigenvalue weighted by molar-refractivity contribution is -0.384. The largest absolute Gasteiger partial charge is 0.490 e. The molecule has 5 rings (SSSR count). The molecule has 40 heavy (non-hydrogen) atoms. The van der Waals surface area contributed by atoms with Crippen LogP contribution in [-0.4, -0.2) is 22.6 Å². The minimum Gasteiger partial charge on any atom is -0.490 e. The number of nitro benzene ring substituents is 1. The first-order chi connectivity index (χ1) is 19.5. The second-order valence-corrected chi connectivity index (χ2v) is 9.68. The highest BCUT2D eigenvalue weighted by Crippen LogP contribution is 2.38. The van der Waals surface area contributed by atoms with Gasteiger partial charge in [-0.2, -0.15) is 0 Å². The fourth-order valence-corrected chi connectivity index (χ4v) is 5.00. The molecule has 0 bridgehead atoms. The van der Waals surface area contributed by atoms with Crippen molar-refractivity contribution in [1.82, 2.24) is 0 Å². The maximum Gasteiger partial charge on any atom is 0.271 e. The molecule has 4 aromatic carbocycles. The maximum absolute atomic E-state index is 13.6. The first-order valence-corrected chi connectivity index (χ1v) is 13.4. The van der Waals surface area contributed by atoms with Crippen LogP contribution in [0.1, 0.15) is 18.1 Å².